The summed E-state index contributed by atoms with van der Waals surface area (Å²) in [6, 6.07) is 7.65. The number of ether oxygens (including phenoxy) is 1. The molecule has 1 aliphatic heterocycles. The van der Waals surface area contributed by atoms with E-state index in [2.05, 4.69) is 15.9 Å². The summed E-state index contributed by atoms with van der Waals surface area (Å²) in [6.07, 6.45) is -0.317. The van der Waals surface area contributed by atoms with Gasteiger partial charge in [0.05, 0.1) is 11.6 Å². The molecule has 19 heavy (non-hydrogen) atoms. The molecule has 0 saturated carbocycles. The molecule has 0 radical (unpaired) electrons. The van der Waals surface area contributed by atoms with Crippen molar-refractivity contribution in [3.8, 4) is 10.4 Å². The average molecular weight is 359 g/mol. The molecule has 3 nitrogen and oxygen atoms in total. The Bertz CT molecular complexity index is 643. The van der Waals surface area contributed by atoms with Crippen LogP contribution in [0.25, 0.3) is 10.4 Å². The largest absolute Gasteiger partial charge is 0.447 e. The summed E-state index contributed by atoms with van der Waals surface area (Å²) in [5.74, 6) is 0. The van der Waals surface area contributed by atoms with Gasteiger partial charge in [0.25, 0.3) is 0 Å². The molecule has 0 bridgehead atoms. The van der Waals surface area contributed by atoms with Gasteiger partial charge in [-0.3, -0.25) is 4.90 Å². The van der Waals surface area contributed by atoms with E-state index >= 15 is 0 Å². The first kappa shape index (κ1) is 13.0. The van der Waals surface area contributed by atoms with E-state index in [1.807, 2.05) is 23.6 Å². The minimum absolute atomic E-state index is 0.317. The van der Waals surface area contributed by atoms with Crippen LogP contribution in [-0.4, -0.2) is 19.2 Å². The van der Waals surface area contributed by atoms with Crippen molar-refractivity contribution in [1.29, 1.82) is 0 Å². The van der Waals surface area contributed by atoms with E-state index in [0.29, 0.717) is 18.2 Å². The van der Waals surface area contributed by atoms with E-state index in [0.717, 1.165) is 20.6 Å². The lowest BCUT2D eigenvalue weighted by molar-refractivity contribution is 0.181. The topological polar surface area (TPSA) is 29.5 Å². The Hall–Kier alpha value is -1.04. The maximum atomic E-state index is 11.5. The molecule has 1 aliphatic rings. The molecule has 0 aliphatic carbocycles. The molecule has 0 atom stereocenters. The molecule has 1 saturated heterocycles. The third-order valence-electron chi connectivity index (χ3n) is 2.86. The van der Waals surface area contributed by atoms with Gasteiger partial charge in [0.1, 0.15) is 6.61 Å². The van der Waals surface area contributed by atoms with Crippen LogP contribution in [0.5, 0.6) is 0 Å². The molecule has 1 fully saturated rings. The number of nitrogens with zero attached hydrogens (tertiary/aromatic N) is 1. The molecule has 3 rings (SSSR count). The number of cyclic esters (lactones) is 1. The molecule has 2 aromatic rings. The van der Waals surface area contributed by atoms with Crippen LogP contribution >= 0.6 is 38.9 Å². The zero-order chi connectivity index (χ0) is 13.4. The SMILES string of the molecule is O=C1OCCN1c1ccc(-c2cc(Br)cs2)c(Cl)c1. The zero-order valence-electron chi connectivity index (χ0n) is 9.73. The molecule has 1 amide bonds. The molecule has 1 aromatic heterocycles. The average Bonchev–Trinajstić information content (AvgIpc) is 2.98. The highest BCUT2D eigenvalue weighted by Crippen LogP contribution is 2.36. The number of carbonyl (C=O) groups is 1. The van der Waals surface area contributed by atoms with Gasteiger partial charge in [0, 0.05) is 26.0 Å². The normalized spacial score (nSPS) is 14.8. The summed E-state index contributed by atoms with van der Waals surface area (Å²) in [5, 5.41) is 2.64. The number of hydrogen-bond acceptors (Lipinski definition) is 3. The number of amides is 1. The molecule has 0 N–H and O–H groups in total. The first-order valence-corrected chi connectivity index (χ1v) is 7.68. The van der Waals surface area contributed by atoms with Crippen molar-refractivity contribution in [2.45, 2.75) is 0 Å². The van der Waals surface area contributed by atoms with E-state index in [4.69, 9.17) is 16.3 Å². The highest BCUT2D eigenvalue weighted by molar-refractivity contribution is 9.10. The number of rotatable bonds is 2. The van der Waals surface area contributed by atoms with Crippen LogP contribution in [0.15, 0.2) is 34.1 Å². The Morgan fingerprint density at radius 1 is 1.37 bits per heavy atom. The molecule has 98 valence electrons. The summed E-state index contributed by atoms with van der Waals surface area (Å²) in [5.41, 5.74) is 1.74. The summed E-state index contributed by atoms with van der Waals surface area (Å²) in [7, 11) is 0. The van der Waals surface area contributed by atoms with E-state index < -0.39 is 0 Å². The highest BCUT2D eigenvalue weighted by atomic mass is 79.9. The third kappa shape index (κ3) is 2.50. The number of thiophene rings is 1. The van der Waals surface area contributed by atoms with Gasteiger partial charge in [-0.05, 0) is 40.2 Å². The van der Waals surface area contributed by atoms with E-state index in [-0.39, 0.29) is 6.09 Å². The number of halogens is 2. The fourth-order valence-corrected chi connectivity index (χ4v) is 3.75. The number of anilines is 1. The summed E-state index contributed by atoms with van der Waals surface area (Å²) >= 11 is 11.4. The lowest BCUT2D eigenvalue weighted by Gasteiger charge is -2.14. The maximum Gasteiger partial charge on any atom is 0.414 e. The molecule has 1 aromatic carbocycles. The maximum absolute atomic E-state index is 11.5. The second-order valence-electron chi connectivity index (χ2n) is 4.06. The van der Waals surface area contributed by atoms with Gasteiger partial charge < -0.3 is 4.74 Å². The van der Waals surface area contributed by atoms with Crippen molar-refractivity contribution < 1.29 is 9.53 Å². The smallest absolute Gasteiger partial charge is 0.414 e. The lowest BCUT2D eigenvalue weighted by Crippen LogP contribution is -2.23. The monoisotopic (exact) mass is 357 g/mol. The van der Waals surface area contributed by atoms with Crippen LogP contribution in [0.2, 0.25) is 5.02 Å². The summed E-state index contributed by atoms with van der Waals surface area (Å²) in [6.45, 7) is 0.995. The Balaban J connectivity index is 1.96. The van der Waals surface area contributed by atoms with E-state index in [1.54, 1.807) is 22.3 Å². The van der Waals surface area contributed by atoms with Crippen LogP contribution in [0.3, 0.4) is 0 Å². The molecule has 0 spiro atoms. The third-order valence-corrected chi connectivity index (χ3v) is 4.90. The quantitative estimate of drug-likeness (QED) is 0.772. The van der Waals surface area contributed by atoms with Crippen LogP contribution in [0.1, 0.15) is 0 Å². The van der Waals surface area contributed by atoms with Crippen molar-refractivity contribution in [2.24, 2.45) is 0 Å². The fourth-order valence-electron chi connectivity index (χ4n) is 1.95. The molecule has 0 unspecified atom stereocenters. The molecular weight excluding hydrogens is 350 g/mol. The number of carbonyl (C=O) groups excluding carboxylic acids is 1. The summed E-state index contributed by atoms with van der Waals surface area (Å²) < 4.78 is 5.96. The first-order chi connectivity index (χ1) is 9.15. The van der Waals surface area contributed by atoms with Gasteiger partial charge in [0.2, 0.25) is 0 Å². The second-order valence-corrected chi connectivity index (χ2v) is 6.29. The number of hydrogen-bond donors (Lipinski definition) is 0. The zero-order valence-corrected chi connectivity index (χ0v) is 12.9. The van der Waals surface area contributed by atoms with Crippen molar-refractivity contribution in [3.05, 3.63) is 39.1 Å². The molecule has 2 heterocycles. The van der Waals surface area contributed by atoms with Crippen LogP contribution in [0, 0.1) is 0 Å². The van der Waals surface area contributed by atoms with E-state index in [1.165, 1.54) is 0 Å². The van der Waals surface area contributed by atoms with Crippen molar-refractivity contribution >= 4 is 50.6 Å². The minimum atomic E-state index is -0.317. The second kappa shape index (κ2) is 5.15. The number of benzene rings is 1. The Morgan fingerprint density at radius 3 is 2.79 bits per heavy atom. The lowest BCUT2D eigenvalue weighted by atomic mass is 10.1. The summed E-state index contributed by atoms with van der Waals surface area (Å²) in [4.78, 5) is 14.2. The minimum Gasteiger partial charge on any atom is -0.447 e. The van der Waals surface area contributed by atoms with Gasteiger partial charge in [-0.15, -0.1) is 11.3 Å². The van der Waals surface area contributed by atoms with Crippen LogP contribution in [0.4, 0.5) is 10.5 Å². The fraction of sp³-hybridized carbons (Fsp3) is 0.154. The molecular formula is C13H9BrClNO2S. The molecule has 6 heteroatoms. The highest BCUT2D eigenvalue weighted by Gasteiger charge is 2.24. The Labute approximate surface area is 127 Å². The standard InChI is InChI=1S/C13H9BrClNO2S/c14-8-5-12(19-7-8)10-2-1-9(6-11(10)15)16-3-4-18-13(16)17/h1-2,5-7H,3-4H2. The Kier molecular flexibility index (Phi) is 3.52. The Morgan fingerprint density at radius 2 is 2.21 bits per heavy atom. The van der Waals surface area contributed by atoms with Gasteiger partial charge in [0.15, 0.2) is 0 Å². The van der Waals surface area contributed by atoms with Crippen molar-refractivity contribution in [1.82, 2.24) is 0 Å². The van der Waals surface area contributed by atoms with Gasteiger partial charge in [-0.1, -0.05) is 11.6 Å². The van der Waals surface area contributed by atoms with Gasteiger partial charge >= 0.3 is 6.09 Å². The predicted octanol–water partition coefficient (Wildman–Crippen LogP) is 4.79. The predicted molar refractivity (Wildman–Crippen MR) is 81.2 cm³/mol. The van der Waals surface area contributed by atoms with Gasteiger partial charge in [-0.2, -0.15) is 0 Å². The van der Waals surface area contributed by atoms with Crippen LogP contribution < -0.4 is 4.90 Å². The van der Waals surface area contributed by atoms with E-state index in [9.17, 15) is 4.79 Å². The van der Waals surface area contributed by atoms with Crippen molar-refractivity contribution in [2.75, 3.05) is 18.1 Å². The van der Waals surface area contributed by atoms with Crippen molar-refractivity contribution in [3.63, 3.8) is 0 Å². The first-order valence-electron chi connectivity index (χ1n) is 5.63. The van der Waals surface area contributed by atoms with Gasteiger partial charge in [-0.25, -0.2) is 4.79 Å². The van der Waals surface area contributed by atoms with Crippen LogP contribution in [-0.2, 0) is 4.74 Å².